The molecule has 0 spiro atoms. The van der Waals surface area contributed by atoms with E-state index in [9.17, 15) is 0 Å². The zero-order valence-corrected chi connectivity index (χ0v) is 10.6. The molecule has 1 fully saturated rings. The van der Waals surface area contributed by atoms with Crippen LogP contribution in [-0.2, 0) is 15.3 Å². The maximum Gasteiger partial charge on any atom is 0.197 e. The standard InChI is InChI=1S/C12H14Cl2O2/c1-2-6-12(15-7-8-16-12)11-9(13)4-3-5-10(11)14/h3-5H,2,6-8H2,1H3. The summed E-state index contributed by atoms with van der Waals surface area (Å²) in [4.78, 5) is 0. The van der Waals surface area contributed by atoms with Gasteiger partial charge in [0, 0.05) is 12.0 Å². The predicted octanol–water partition coefficient (Wildman–Crippen LogP) is 3.99. The zero-order chi connectivity index (χ0) is 11.6. The van der Waals surface area contributed by atoms with Gasteiger partial charge in [-0.15, -0.1) is 0 Å². The lowest BCUT2D eigenvalue weighted by Crippen LogP contribution is -2.27. The van der Waals surface area contributed by atoms with Crippen molar-refractivity contribution in [3.8, 4) is 0 Å². The first kappa shape index (κ1) is 12.2. The number of rotatable bonds is 3. The summed E-state index contributed by atoms with van der Waals surface area (Å²) in [6.45, 7) is 3.25. The lowest BCUT2D eigenvalue weighted by Gasteiger charge is -2.29. The van der Waals surface area contributed by atoms with Crippen LogP contribution in [0.3, 0.4) is 0 Å². The van der Waals surface area contributed by atoms with E-state index in [-0.39, 0.29) is 0 Å². The second-order valence-corrected chi connectivity index (χ2v) is 4.61. The summed E-state index contributed by atoms with van der Waals surface area (Å²) in [7, 11) is 0. The van der Waals surface area contributed by atoms with Crippen LogP contribution in [0, 0.1) is 0 Å². The van der Waals surface area contributed by atoms with Crippen LogP contribution in [0.2, 0.25) is 10.0 Å². The second kappa shape index (κ2) is 4.92. The first-order valence-corrected chi connectivity index (χ1v) is 6.17. The van der Waals surface area contributed by atoms with Crippen molar-refractivity contribution in [2.75, 3.05) is 13.2 Å². The van der Waals surface area contributed by atoms with Gasteiger partial charge >= 0.3 is 0 Å². The summed E-state index contributed by atoms with van der Waals surface area (Å²) in [5.74, 6) is -0.746. The highest BCUT2D eigenvalue weighted by Crippen LogP contribution is 2.43. The molecule has 1 aliphatic heterocycles. The topological polar surface area (TPSA) is 18.5 Å². The van der Waals surface area contributed by atoms with Gasteiger partial charge in [-0.1, -0.05) is 42.6 Å². The molecule has 0 radical (unpaired) electrons. The predicted molar refractivity (Wildman–Crippen MR) is 65.0 cm³/mol. The van der Waals surface area contributed by atoms with E-state index >= 15 is 0 Å². The highest BCUT2D eigenvalue weighted by Gasteiger charge is 2.40. The van der Waals surface area contributed by atoms with Crippen molar-refractivity contribution in [3.05, 3.63) is 33.8 Å². The maximum atomic E-state index is 6.19. The third kappa shape index (κ3) is 2.07. The zero-order valence-electron chi connectivity index (χ0n) is 9.13. The minimum absolute atomic E-state index is 0.585. The van der Waals surface area contributed by atoms with Gasteiger partial charge in [0.1, 0.15) is 0 Å². The molecule has 4 heteroatoms. The van der Waals surface area contributed by atoms with Crippen molar-refractivity contribution in [1.29, 1.82) is 0 Å². The van der Waals surface area contributed by atoms with Crippen LogP contribution < -0.4 is 0 Å². The minimum Gasteiger partial charge on any atom is -0.343 e. The van der Waals surface area contributed by atoms with E-state index in [4.69, 9.17) is 32.7 Å². The Kier molecular flexibility index (Phi) is 3.75. The van der Waals surface area contributed by atoms with Gasteiger partial charge in [-0.3, -0.25) is 0 Å². The fourth-order valence-electron chi connectivity index (χ4n) is 2.06. The lowest BCUT2D eigenvalue weighted by molar-refractivity contribution is -0.170. The molecule has 0 aromatic heterocycles. The molecule has 2 nitrogen and oxygen atoms in total. The van der Waals surface area contributed by atoms with Gasteiger partial charge in [0.15, 0.2) is 5.79 Å². The molecule has 0 aliphatic carbocycles. The Morgan fingerprint density at radius 1 is 1.19 bits per heavy atom. The first-order chi connectivity index (χ1) is 7.69. The maximum absolute atomic E-state index is 6.19. The van der Waals surface area contributed by atoms with E-state index in [0.29, 0.717) is 23.3 Å². The molecule has 0 bridgehead atoms. The van der Waals surface area contributed by atoms with E-state index in [0.717, 1.165) is 18.4 Å². The van der Waals surface area contributed by atoms with Gasteiger partial charge in [-0.05, 0) is 12.1 Å². The summed E-state index contributed by atoms with van der Waals surface area (Å²) in [6, 6.07) is 5.44. The van der Waals surface area contributed by atoms with Gasteiger partial charge in [0.25, 0.3) is 0 Å². The minimum atomic E-state index is -0.746. The van der Waals surface area contributed by atoms with Gasteiger partial charge < -0.3 is 9.47 Å². The molecule has 0 amide bonds. The smallest absolute Gasteiger partial charge is 0.197 e. The molecule has 1 heterocycles. The van der Waals surface area contributed by atoms with Crippen molar-refractivity contribution in [3.63, 3.8) is 0 Å². The molecule has 0 saturated carbocycles. The van der Waals surface area contributed by atoms with E-state index in [1.807, 2.05) is 18.2 Å². The van der Waals surface area contributed by atoms with Gasteiger partial charge in [-0.25, -0.2) is 0 Å². The van der Waals surface area contributed by atoms with Crippen LogP contribution in [0.1, 0.15) is 25.3 Å². The SMILES string of the molecule is CCCC1(c2c(Cl)cccc2Cl)OCCO1. The van der Waals surface area contributed by atoms with Crippen LogP contribution in [0.4, 0.5) is 0 Å². The monoisotopic (exact) mass is 260 g/mol. The largest absolute Gasteiger partial charge is 0.343 e. The average Bonchev–Trinajstić information content (AvgIpc) is 2.67. The normalized spacial score (nSPS) is 18.9. The molecular weight excluding hydrogens is 247 g/mol. The Bertz CT molecular complexity index is 353. The average molecular weight is 261 g/mol. The quantitative estimate of drug-likeness (QED) is 0.818. The number of hydrogen-bond acceptors (Lipinski definition) is 2. The molecule has 1 aromatic carbocycles. The fraction of sp³-hybridized carbons (Fsp3) is 0.500. The van der Waals surface area contributed by atoms with Crippen molar-refractivity contribution >= 4 is 23.2 Å². The van der Waals surface area contributed by atoms with Crippen LogP contribution in [-0.4, -0.2) is 13.2 Å². The fourth-order valence-corrected chi connectivity index (χ4v) is 2.74. The summed E-state index contributed by atoms with van der Waals surface area (Å²) < 4.78 is 11.5. The van der Waals surface area contributed by atoms with Crippen molar-refractivity contribution in [2.45, 2.75) is 25.6 Å². The van der Waals surface area contributed by atoms with E-state index in [1.165, 1.54) is 0 Å². The molecule has 16 heavy (non-hydrogen) atoms. The number of benzene rings is 1. The van der Waals surface area contributed by atoms with E-state index in [2.05, 4.69) is 6.92 Å². The first-order valence-electron chi connectivity index (χ1n) is 5.42. The van der Waals surface area contributed by atoms with Gasteiger partial charge in [0.05, 0.1) is 23.3 Å². The van der Waals surface area contributed by atoms with E-state index in [1.54, 1.807) is 0 Å². The van der Waals surface area contributed by atoms with E-state index < -0.39 is 5.79 Å². The highest BCUT2D eigenvalue weighted by atomic mass is 35.5. The van der Waals surface area contributed by atoms with Gasteiger partial charge in [0.2, 0.25) is 0 Å². The third-order valence-electron chi connectivity index (χ3n) is 2.68. The molecule has 0 N–H and O–H groups in total. The Balaban J connectivity index is 2.46. The van der Waals surface area contributed by atoms with Crippen LogP contribution in [0.15, 0.2) is 18.2 Å². The molecule has 1 aromatic rings. The summed E-state index contributed by atoms with van der Waals surface area (Å²) in [6.07, 6.45) is 1.71. The van der Waals surface area contributed by atoms with Crippen molar-refractivity contribution in [2.24, 2.45) is 0 Å². The molecule has 1 aliphatic rings. The summed E-state index contributed by atoms with van der Waals surface area (Å²) >= 11 is 12.4. The number of ether oxygens (including phenoxy) is 2. The summed E-state index contributed by atoms with van der Waals surface area (Å²) in [5.41, 5.74) is 0.762. The molecule has 2 rings (SSSR count). The molecule has 0 unspecified atom stereocenters. The van der Waals surface area contributed by atoms with Crippen molar-refractivity contribution in [1.82, 2.24) is 0 Å². The second-order valence-electron chi connectivity index (χ2n) is 3.80. The third-order valence-corrected chi connectivity index (χ3v) is 3.31. The van der Waals surface area contributed by atoms with Crippen LogP contribution >= 0.6 is 23.2 Å². The molecule has 88 valence electrons. The highest BCUT2D eigenvalue weighted by molar-refractivity contribution is 6.36. The molecule has 0 atom stereocenters. The Labute approximate surface area is 105 Å². The van der Waals surface area contributed by atoms with Crippen LogP contribution in [0.25, 0.3) is 0 Å². The Morgan fingerprint density at radius 2 is 1.75 bits per heavy atom. The molecule has 1 saturated heterocycles. The number of hydrogen-bond donors (Lipinski definition) is 0. The summed E-state index contributed by atoms with van der Waals surface area (Å²) in [5, 5.41) is 1.20. The Hall–Kier alpha value is -0.280. The Morgan fingerprint density at radius 3 is 2.25 bits per heavy atom. The van der Waals surface area contributed by atoms with Gasteiger partial charge in [-0.2, -0.15) is 0 Å². The van der Waals surface area contributed by atoms with Crippen molar-refractivity contribution < 1.29 is 9.47 Å². The van der Waals surface area contributed by atoms with Crippen LogP contribution in [0.5, 0.6) is 0 Å². The lowest BCUT2D eigenvalue weighted by atomic mass is 10.0. The molecular formula is C12H14Cl2O2. The number of halogens is 2.